The molecule has 0 radical (unpaired) electrons. The van der Waals surface area contributed by atoms with Crippen LogP contribution in [0.25, 0.3) is 0 Å². The van der Waals surface area contributed by atoms with Gasteiger partial charge in [0, 0.05) is 32.8 Å². The van der Waals surface area contributed by atoms with Gasteiger partial charge in [0.15, 0.2) is 0 Å². The number of carbonyl (C=O) groups excluding carboxylic acids is 2. The van der Waals surface area contributed by atoms with Crippen molar-refractivity contribution in [3.8, 4) is 0 Å². The predicted octanol–water partition coefficient (Wildman–Crippen LogP) is 0.530. The molecule has 0 bridgehead atoms. The lowest BCUT2D eigenvalue weighted by atomic mass is 10.1. The molecule has 0 aromatic rings. The molecular formula is C15H22N2O4. The van der Waals surface area contributed by atoms with Crippen molar-refractivity contribution >= 4 is 11.8 Å². The standard InChI is InChI=1S/C15H22N2O4/c18-14(12-3-1-9-20-11-12)16-5-7-17(8-6-16)15(19)13-4-2-10-21-13/h11,13H,1-10H2. The average Bonchev–Trinajstić information content (AvgIpc) is 3.09. The van der Waals surface area contributed by atoms with Gasteiger partial charge in [-0.3, -0.25) is 9.59 Å². The summed E-state index contributed by atoms with van der Waals surface area (Å²) in [5, 5.41) is 0. The van der Waals surface area contributed by atoms with E-state index in [9.17, 15) is 9.59 Å². The van der Waals surface area contributed by atoms with Crippen LogP contribution >= 0.6 is 0 Å². The van der Waals surface area contributed by atoms with Crippen molar-refractivity contribution in [1.29, 1.82) is 0 Å². The fourth-order valence-corrected chi connectivity index (χ4v) is 3.03. The van der Waals surface area contributed by atoms with Gasteiger partial charge in [0.2, 0.25) is 0 Å². The SMILES string of the molecule is O=C(C1=COCCC1)N1CCN(C(=O)C2CCCO2)CC1. The van der Waals surface area contributed by atoms with Gasteiger partial charge in [-0.15, -0.1) is 0 Å². The normalized spacial score (nSPS) is 26.3. The fraction of sp³-hybridized carbons (Fsp3) is 0.733. The first-order valence-corrected chi connectivity index (χ1v) is 7.76. The van der Waals surface area contributed by atoms with E-state index in [0.717, 1.165) is 31.3 Å². The Hall–Kier alpha value is -1.56. The first-order valence-electron chi connectivity index (χ1n) is 7.76. The second kappa shape index (κ2) is 6.47. The minimum atomic E-state index is -0.262. The molecule has 2 fully saturated rings. The smallest absolute Gasteiger partial charge is 0.252 e. The topological polar surface area (TPSA) is 59.1 Å². The molecule has 0 saturated carbocycles. The quantitative estimate of drug-likeness (QED) is 0.745. The van der Waals surface area contributed by atoms with Gasteiger partial charge in [-0.2, -0.15) is 0 Å². The highest BCUT2D eigenvalue weighted by molar-refractivity contribution is 5.93. The molecule has 21 heavy (non-hydrogen) atoms. The Morgan fingerprint density at radius 3 is 2.43 bits per heavy atom. The van der Waals surface area contributed by atoms with Crippen molar-refractivity contribution in [2.24, 2.45) is 0 Å². The molecule has 3 heterocycles. The second-order valence-electron chi connectivity index (χ2n) is 5.74. The summed E-state index contributed by atoms with van der Waals surface area (Å²) in [6.45, 7) is 3.75. The summed E-state index contributed by atoms with van der Waals surface area (Å²) in [5.74, 6) is 0.138. The molecule has 0 aromatic carbocycles. The van der Waals surface area contributed by atoms with Gasteiger partial charge >= 0.3 is 0 Å². The third-order valence-corrected chi connectivity index (χ3v) is 4.29. The van der Waals surface area contributed by atoms with E-state index in [1.165, 1.54) is 0 Å². The molecule has 3 aliphatic heterocycles. The molecular weight excluding hydrogens is 272 g/mol. The van der Waals surface area contributed by atoms with Crippen LogP contribution in [-0.2, 0) is 19.1 Å². The molecule has 6 nitrogen and oxygen atoms in total. The van der Waals surface area contributed by atoms with Crippen molar-refractivity contribution < 1.29 is 19.1 Å². The van der Waals surface area contributed by atoms with E-state index < -0.39 is 0 Å². The van der Waals surface area contributed by atoms with Crippen LogP contribution in [0.2, 0.25) is 0 Å². The number of piperazine rings is 1. The van der Waals surface area contributed by atoms with Crippen LogP contribution in [0.15, 0.2) is 11.8 Å². The highest BCUT2D eigenvalue weighted by atomic mass is 16.5. The molecule has 0 N–H and O–H groups in total. The number of hydrogen-bond donors (Lipinski definition) is 0. The zero-order chi connectivity index (χ0) is 14.7. The maximum absolute atomic E-state index is 12.3. The lowest BCUT2D eigenvalue weighted by molar-refractivity contribution is -0.145. The predicted molar refractivity (Wildman–Crippen MR) is 75.4 cm³/mol. The van der Waals surface area contributed by atoms with E-state index in [2.05, 4.69) is 0 Å². The third-order valence-electron chi connectivity index (χ3n) is 4.29. The number of ether oxygens (including phenoxy) is 2. The average molecular weight is 294 g/mol. The lowest BCUT2D eigenvalue weighted by Gasteiger charge is -2.36. The van der Waals surface area contributed by atoms with Crippen molar-refractivity contribution in [2.45, 2.75) is 31.8 Å². The molecule has 1 unspecified atom stereocenters. The van der Waals surface area contributed by atoms with Gasteiger partial charge in [0.25, 0.3) is 11.8 Å². The van der Waals surface area contributed by atoms with E-state index in [1.54, 1.807) is 6.26 Å². The number of amides is 2. The third kappa shape index (κ3) is 3.20. The van der Waals surface area contributed by atoms with Crippen molar-refractivity contribution in [3.05, 3.63) is 11.8 Å². The highest BCUT2D eigenvalue weighted by Gasteiger charge is 2.32. The zero-order valence-corrected chi connectivity index (χ0v) is 12.3. The van der Waals surface area contributed by atoms with Crippen molar-refractivity contribution in [1.82, 2.24) is 9.80 Å². The summed E-state index contributed by atoms with van der Waals surface area (Å²) < 4.78 is 10.7. The minimum absolute atomic E-state index is 0.0546. The monoisotopic (exact) mass is 294 g/mol. The molecule has 0 spiro atoms. The first-order chi connectivity index (χ1) is 10.3. The maximum Gasteiger partial charge on any atom is 0.252 e. The molecule has 2 amide bonds. The Balaban J connectivity index is 1.51. The summed E-state index contributed by atoms with van der Waals surface area (Å²) in [4.78, 5) is 28.2. The summed E-state index contributed by atoms with van der Waals surface area (Å²) >= 11 is 0. The van der Waals surface area contributed by atoms with E-state index >= 15 is 0 Å². The van der Waals surface area contributed by atoms with Gasteiger partial charge in [-0.25, -0.2) is 0 Å². The van der Waals surface area contributed by atoms with Gasteiger partial charge < -0.3 is 19.3 Å². The Morgan fingerprint density at radius 2 is 1.81 bits per heavy atom. The van der Waals surface area contributed by atoms with Crippen LogP contribution in [0, 0.1) is 0 Å². The zero-order valence-electron chi connectivity index (χ0n) is 12.3. The molecule has 3 rings (SSSR count). The first kappa shape index (κ1) is 14.4. The molecule has 116 valence electrons. The Kier molecular flexibility index (Phi) is 4.43. The van der Waals surface area contributed by atoms with Gasteiger partial charge in [-0.05, 0) is 25.7 Å². The van der Waals surface area contributed by atoms with Crippen LogP contribution in [-0.4, -0.2) is 67.1 Å². The van der Waals surface area contributed by atoms with Gasteiger partial charge in [0.1, 0.15) is 6.10 Å². The number of hydrogen-bond acceptors (Lipinski definition) is 4. The van der Waals surface area contributed by atoms with Gasteiger partial charge in [-0.1, -0.05) is 0 Å². The minimum Gasteiger partial charge on any atom is -0.501 e. The van der Waals surface area contributed by atoms with Crippen LogP contribution in [0.3, 0.4) is 0 Å². The molecule has 0 aromatic heterocycles. The van der Waals surface area contributed by atoms with Crippen LogP contribution in [0.1, 0.15) is 25.7 Å². The molecule has 2 saturated heterocycles. The van der Waals surface area contributed by atoms with E-state index in [4.69, 9.17) is 9.47 Å². The second-order valence-corrected chi connectivity index (χ2v) is 5.74. The summed E-state index contributed by atoms with van der Waals surface area (Å²) in [5.41, 5.74) is 0.750. The van der Waals surface area contributed by atoms with E-state index in [-0.39, 0.29) is 17.9 Å². The fourth-order valence-electron chi connectivity index (χ4n) is 3.03. The van der Waals surface area contributed by atoms with Crippen molar-refractivity contribution in [2.75, 3.05) is 39.4 Å². The Labute approximate surface area is 124 Å². The highest BCUT2D eigenvalue weighted by Crippen LogP contribution is 2.18. The van der Waals surface area contributed by atoms with Gasteiger partial charge in [0.05, 0.1) is 18.4 Å². The molecule has 1 atom stereocenters. The maximum atomic E-state index is 12.3. The van der Waals surface area contributed by atoms with Crippen LogP contribution < -0.4 is 0 Å². The Morgan fingerprint density at radius 1 is 1.05 bits per heavy atom. The summed E-state index contributed by atoms with van der Waals surface area (Å²) in [7, 11) is 0. The van der Waals surface area contributed by atoms with E-state index in [1.807, 2.05) is 9.80 Å². The summed E-state index contributed by atoms with van der Waals surface area (Å²) in [6.07, 6.45) is 4.80. The lowest BCUT2D eigenvalue weighted by Crippen LogP contribution is -2.53. The van der Waals surface area contributed by atoms with E-state index in [0.29, 0.717) is 39.4 Å². The Bertz CT molecular complexity index is 435. The van der Waals surface area contributed by atoms with Crippen LogP contribution in [0.4, 0.5) is 0 Å². The number of carbonyl (C=O) groups is 2. The summed E-state index contributed by atoms with van der Waals surface area (Å²) in [6, 6.07) is 0. The number of rotatable bonds is 2. The largest absolute Gasteiger partial charge is 0.501 e. The molecule has 3 aliphatic rings. The molecule has 6 heteroatoms. The molecule has 0 aliphatic carbocycles. The number of nitrogens with zero attached hydrogens (tertiary/aromatic N) is 2. The van der Waals surface area contributed by atoms with Crippen molar-refractivity contribution in [3.63, 3.8) is 0 Å². The van der Waals surface area contributed by atoms with Crippen LogP contribution in [0.5, 0.6) is 0 Å².